The Morgan fingerprint density at radius 1 is 1.60 bits per heavy atom. The maximum absolute atomic E-state index is 9.12. The van der Waals surface area contributed by atoms with Crippen molar-refractivity contribution in [2.45, 2.75) is 39.2 Å². The van der Waals surface area contributed by atoms with Crippen LogP contribution in [0.2, 0.25) is 5.15 Å². The fraction of sp³-hybridized carbons (Fsp3) is 0.583. The molecular formula is C12H16ClNO. The van der Waals surface area contributed by atoms with Crippen LogP contribution < -0.4 is 0 Å². The smallest absolute Gasteiger partial charge is 0.134 e. The molecule has 1 aromatic rings. The van der Waals surface area contributed by atoms with Gasteiger partial charge in [0.15, 0.2) is 0 Å². The van der Waals surface area contributed by atoms with Crippen molar-refractivity contribution in [1.82, 2.24) is 4.98 Å². The minimum absolute atomic E-state index is 0.0180. The van der Waals surface area contributed by atoms with Crippen molar-refractivity contribution in [2.75, 3.05) is 0 Å². The molecule has 0 saturated carbocycles. The standard InChI is InChI=1S/C12H16ClNO/c1-2-8-3-4-11-9(5-8)6-10(7-15)12(13)14-11/h6,8,15H,2-5,7H2,1H3. The van der Waals surface area contributed by atoms with Gasteiger partial charge in [-0.3, -0.25) is 0 Å². The van der Waals surface area contributed by atoms with Gasteiger partial charge in [0.25, 0.3) is 0 Å². The molecule has 0 aliphatic heterocycles. The van der Waals surface area contributed by atoms with Gasteiger partial charge in [0.1, 0.15) is 5.15 Å². The van der Waals surface area contributed by atoms with E-state index in [0.717, 1.165) is 30.0 Å². The van der Waals surface area contributed by atoms with Gasteiger partial charge in [-0.25, -0.2) is 4.98 Å². The molecule has 0 aromatic carbocycles. The van der Waals surface area contributed by atoms with E-state index in [1.807, 2.05) is 6.07 Å². The van der Waals surface area contributed by atoms with E-state index in [4.69, 9.17) is 16.7 Å². The summed E-state index contributed by atoms with van der Waals surface area (Å²) in [4.78, 5) is 4.36. The van der Waals surface area contributed by atoms with E-state index >= 15 is 0 Å². The molecule has 0 spiro atoms. The fourth-order valence-electron chi connectivity index (χ4n) is 2.22. The van der Waals surface area contributed by atoms with Gasteiger partial charge in [-0.15, -0.1) is 0 Å². The molecule has 0 saturated heterocycles. The maximum Gasteiger partial charge on any atom is 0.134 e. The molecule has 0 bridgehead atoms. The third-order valence-corrected chi connectivity index (χ3v) is 3.59. The number of nitrogens with zero attached hydrogens (tertiary/aromatic N) is 1. The summed E-state index contributed by atoms with van der Waals surface area (Å²) in [5.74, 6) is 0.770. The van der Waals surface area contributed by atoms with Crippen molar-refractivity contribution < 1.29 is 5.11 Å². The van der Waals surface area contributed by atoms with Gasteiger partial charge in [0.2, 0.25) is 0 Å². The third kappa shape index (κ3) is 2.16. The molecule has 2 nitrogen and oxygen atoms in total. The molecule has 0 fully saturated rings. The highest BCUT2D eigenvalue weighted by Crippen LogP contribution is 2.29. The van der Waals surface area contributed by atoms with Crippen molar-refractivity contribution in [1.29, 1.82) is 0 Å². The number of rotatable bonds is 2. The first-order valence-corrected chi connectivity index (χ1v) is 5.90. The number of fused-ring (bicyclic) bond motifs is 1. The van der Waals surface area contributed by atoms with Crippen LogP contribution in [0, 0.1) is 5.92 Å². The zero-order valence-corrected chi connectivity index (χ0v) is 9.72. The number of hydrogen-bond acceptors (Lipinski definition) is 2. The van der Waals surface area contributed by atoms with Crippen molar-refractivity contribution in [3.63, 3.8) is 0 Å². The van der Waals surface area contributed by atoms with Gasteiger partial charge in [0, 0.05) is 11.3 Å². The van der Waals surface area contributed by atoms with E-state index < -0.39 is 0 Å². The minimum atomic E-state index is -0.0180. The second-order valence-electron chi connectivity index (χ2n) is 4.22. The molecule has 1 atom stereocenters. The van der Waals surface area contributed by atoms with Crippen LogP contribution in [0.25, 0.3) is 0 Å². The second-order valence-corrected chi connectivity index (χ2v) is 4.58. The molecule has 1 unspecified atom stereocenters. The molecule has 1 N–H and O–H groups in total. The zero-order chi connectivity index (χ0) is 10.8. The molecule has 1 aliphatic rings. The Morgan fingerprint density at radius 3 is 3.07 bits per heavy atom. The zero-order valence-electron chi connectivity index (χ0n) is 8.96. The lowest BCUT2D eigenvalue weighted by Crippen LogP contribution is -2.15. The van der Waals surface area contributed by atoms with Gasteiger partial charge in [-0.2, -0.15) is 0 Å². The number of aromatic nitrogens is 1. The van der Waals surface area contributed by atoms with Crippen LogP contribution in [0.5, 0.6) is 0 Å². The van der Waals surface area contributed by atoms with Crippen molar-refractivity contribution in [3.05, 3.63) is 28.0 Å². The van der Waals surface area contributed by atoms with E-state index in [9.17, 15) is 0 Å². The first-order valence-electron chi connectivity index (χ1n) is 5.52. The first kappa shape index (κ1) is 10.9. The normalized spacial score (nSPS) is 20.1. The fourth-order valence-corrected chi connectivity index (χ4v) is 2.44. The highest BCUT2D eigenvalue weighted by molar-refractivity contribution is 6.30. The summed E-state index contributed by atoms with van der Waals surface area (Å²) >= 11 is 5.96. The van der Waals surface area contributed by atoms with Gasteiger partial charge in [-0.05, 0) is 36.8 Å². The van der Waals surface area contributed by atoms with Crippen LogP contribution in [0.15, 0.2) is 6.07 Å². The van der Waals surface area contributed by atoms with Crippen LogP contribution >= 0.6 is 11.6 Å². The van der Waals surface area contributed by atoms with Gasteiger partial charge in [-0.1, -0.05) is 24.9 Å². The second kappa shape index (κ2) is 4.50. The SMILES string of the molecule is CCC1CCc2nc(Cl)c(CO)cc2C1. The Kier molecular flexibility index (Phi) is 3.27. The lowest BCUT2D eigenvalue weighted by atomic mass is 9.85. The Labute approximate surface area is 95.3 Å². The maximum atomic E-state index is 9.12. The van der Waals surface area contributed by atoms with Crippen molar-refractivity contribution in [3.8, 4) is 0 Å². The molecule has 0 radical (unpaired) electrons. The molecule has 15 heavy (non-hydrogen) atoms. The van der Waals surface area contributed by atoms with Crippen molar-refractivity contribution >= 4 is 11.6 Å². The number of pyridine rings is 1. The van der Waals surface area contributed by atoms with E-state index in [-0.39, 0.29) is 6.61 Å². The third-order valence-electron chi connectivity index (χ3n) is 3.26. The molecule has 3 heteroatoms. The van der Waals surface area contributed by atoms with E-state index in [1.54, 1.807) is 0 Å². The van der Waals surface area contributed by atoms with Crippen molar-refractivity contribution in [2.24, 2.45) is 5.92 Å². The van der Waals surface area contributed by atoms with E-state index in [2.05, 4.69) is 11.9 Å². The number of aliphatic hydroxyl groups excluding tert-OH is 1. The topological polar surface area (TPSA) is 33.1 Å². The van der Waals surface area contributed by atoms with Crippen LogP contribution in [0.1, 0.15) is 36.6 Å². The van der Waals surface area contributed by atoms with Gasteiger partial charge >= 0.3 is 0 Å². The molecule has 1 heterocycles. The number of aliphatic hydroxyl groups is 1. The van der Waals surface area contributed by atoms with Crippen LogP contribution in [0.3, 0.4) is 0 Å². The van der Waals surface area contributed by atoms with Gasteiger partial charge < -0.3 is 5.11 Å². The molecule has 82 valence electrons. The number of aryl methyl sites for hydroxylation is 1. The summed E-state index contributed by atoms with van der Waals surface area (Å²) < 4.78 is 0. The summed E-state index contributed by atoms with van der Waals surface area (Å²) in [5.41, 5.74) is 3.16. The molecule has 2 rings (SSSR count). The predicted octanol–water partition coefficient (Wildman–Crippen LogP) is 2.74. The highest BCUT2D eigenvalue weighted by atomic mass is 35.5. The predicted molar refractivity (Wildman–Crippen MR) is 61.0 cm³/mol. The summed E-state index contributed by atoms with van der Waals surface area (Å²) in [5, 5.41) is 9.58. The largest absolute Gasteiger partial charge is 0.392 e. The Bertz CT molecular complexity index is 365. The summed E-state index contributed by atoms with van der Waals surface area (Å²) in [6.07, 6.45) is 4.55. The Hall–Kier alpha value is -0.600. The van der Waals surface area contributed by atoms with Crippen LogP contribution in [-0.4, -0.2) is 10.1 Å². The lowest BCUT2D eigenvalue weighted by molar-refractivity contribution is 0.281. The molecular weight excluding hydrogens is 210 g/mol. The van der Waals surface area contributed by atoms with Gasteiger partial charge in [0.05, 0.1) is 6.61 Å². The van der Waals surface area contributed by atoms with E-state index in [1.165, 1.54) is 18.4 Å². The Morgan fingerprint density at radius 2 is 2.40 bits per heavy atom. The minimum Gasteiger partial charge on any atom is -0.392 e. The summed E-state index contributed by atoms with van der Waals surface area (Å²) in [6, 6.07) is 2.02. The summed E-state index contributed by atoms with van der Waals surface area (Å²) in [6.45, 7) is 2.21. The summed E-state index contributed by atoms with van der Waals surface area (Å²) in [7, 11) is 0. The number of hydrogen-bond donors (Lipinski definition) is 1. The lowest BCUT2D eigenvalue weighted by Gasteiger charge is -2.23. The first-order chi connectivity index (χ1) is 7.24. The average molecular weight is 226 g/mol. The monoisotopic (exact) mass is 225 g/mol. The molecule has 1 aliphatic carbocycles. The quantitative estimate of drug-likeness (QED) is 0.786. The Balaban J connectivity index is 2.33. The molecule has 1 aromatic heterocycles. The van der Waals surface area contributed by atoms with Crippen LogP contribution in [-0.2, 0) is 19.4 Å². The van der Waals surface area contributed by atoms with Crippen LogP contribution in [0.4, 0.5) is 0 Å². The highest BCUT2D eigenvalue weighted by Gasteiger charge is 2.19. The molecule has 0 amide bonds. The number of halogens is 1. The van der Waals surface area contributed by atoms with E-state index in [0.29, 0.717) is 5.15 Å². The average Bonchev–Trinajstić information content (AvgIpc) is 2.27.